The lowest BCUT2D eigenvalue weighted by Gasteiger charge is -2.06. The van der Waals surface area contributed by atoms with Crippen LogP contribution in [-0.4, -0.2) is 24.5 Å². The van der Waals surface area contributed by atoms with Crippen LogP contribution in [0.15, 0.2) is 24.3 Å². The topological polar surface area (TPSA) is 51.2 Å². The molecule has 0 atom stereocenters. The van der Waals surface area contributed by atoms with Crippen molar-refractivity contribution in [1.82, 2.24) is 10.3 Å². The van der Waals surface area contributed by atoms with E-state index in [4.69, 9.17) is 4.74 Å². The van der Waals surface area contributed by atoms with Gasteiger partial charge in [0.15, 0.2) is 0 Å². The second-order valence-electron chi connectivity index (χ2n) is 4.87. The largest absolute Gasteiger partial charge is 0.497 e. The molecule has 0 bridgehead atoms. The second-order valence-corrected chi connectivity index (χ2v) is 6.15. The second kappa shape index (κ2) is 7.22. The number of nitrogens with one attached hydrogen (secondary N) is 1. The molecule has 1 N–H and O–H groups in total. The molecule has 0 aliphatic heterocycles. The lowest BCUT2D eigenvalue weighted by Crippen LogP contribution is -2.27. The van der Waals surface area contributed by atoms with E-state index in [2.05, 4.69) is 10.3 Å². The third-order valence-corrected chi connectivity index (χ3v) is 4.33. The molecular weight excluding hydrogens is 284 g/mol. The fourth-order valence-corrected chi connectivity index (χ4v) is 3.05. The minimum atomic E-state index is 0.0408. The summed E-state index contributed by atoms with van der Waals surface area (Å²) in [4.78, 5) is 17.5. The first-order valence-electron chi connectivity index (χ1n) is 6.91. The number of rotatable bonds is 6. The van der Waals surface area contributed by atoms with Crippen molar-refractivity contribution < 1.29 is 9.53 Å². The van der Waals surface area contributed by atoms with Crippen LogP contribution in [0.2, 0.25) is 0 Å². The third-order valence-electron chi connectivity index (χ3n) is 3.20. The molecule has 1 aromatic carbocycles. The smallest absolute Gasteiger partial charge is 0.224 e. The van der Waals surface area contributed by atoms with Gasteiger partial charge in [0.25, 0.3) is 0 Å². The zero-order chi connectivity index (χ0) is 15.2. The first kappa shape index (κ1) is 15.5. The van der Waals surface area contributed by atoms with Gasteiger partial charge in [-0.2, -0.15) is 0 Å². The Kier molecular flexibility index (Phi) is 5.33. The summed E-state index contributed by atoms with van der Waals surface area (Å²) in [5.74, 6) is 0.842. The Morgan fingerprint density at radius 3 is 2.57 bits per heavy atom. The highest BCUT2D eigenvalue weighted by atomic mass is 32.1. The Balaban J connectivity index is 1.78. The SMILES string of the molecule is COc1ccc(CC(=O)NCCc2sc(C)nc2C)cc1. The fraction of sp³-hybridized carbons (Fsp3) is 0.375. The molecule has 0 aliphatic carbocycles. The van der Waals surface area contributed by atoms with E-state index in [-0.39, 0.29) is 5.91 Å². The van der Waals surface area contributed by atoms with Gasteiger partial charge in [-0.25, -0.2) is 4.98 Å². The molecule has 0 fully saturated rings. The van der Waals surface area contributed by atoms with Crippen molar-refractivity contribution in [3.8, 4) is 5.75 Å². The standard InChI is InChI=1S/C16H20N2O2S/c1-11-15(21-12(2)18-11)8-9-17-16(19)10-13-4-6-14(20-3)7-5-13/h4-7H,8-10H2,1-3H3,(H,17,19). The van der Waals surface area contributed by atoms with Crippen LogP contribution in [0.25, 0.3) is 0 Å². The number of methoxy groups -OCH3 is 1. The number of hydrogen-bond acceptors (Lipinski definition) is 4. The maximum Gasteiger partial charge on any atom is 0.224 e. The number of nitrogens with zero attached hydrogens (tertiary/aromatic N) is 1. The average molecular weight is 304 g/mol. The normalized spacial score (nSPS) is 10.4. The van der Waals surface area contributed by atoms with Gasteiger partial charge in [-0.1, -0.05) is 12.1 Å². The summed E-state index contributed by atoms with van der Waals surface area (Å²) < 4.78 is 5.10. The molecule has 1 heterocycles. The Morgan fingerprint density at radius 2 is 2.00 bits per heavy atom. The molecule has 4 nitrogen and oxygen atoms in total. The minimum absolute atomic E-state index is 0.0408. The number of thiazole rings is 1. The van der Waals surface area contributed by atoms with Crippen LogP contribution in [0.1, 0.15) is 21.1 Å². The Hall–Kier alpha value is -1.88. The van der Waals surface area contributed by atoms with Crippen LogP contribution in [0.5, 0.6) is 5.75 Å². The molecule has 21 heavy (non-hydrogen) atoms. The van der Waals surface area contributed by atoms with E-state index in [1.807, 2.05) is 38.1 Å². The molecule has 112 valence electrons. The van der Waals surface area contributed by atoms with Crippen LogP contribution in [-0.2, 0) is 17.6 Å². The lowest BCUT2D eigenvalue weighted by atomic mass is 10.1. The molecule has 0 unspecified atom stereocenters. The number of hydrogen-bond donors (Lipinski definition) is 1. The van der Waals surface area contributed by atoms with Crippen molar-refractivity contribution in [3.63, 3.8) is 0 Å². The van der Waals surface area contributed by atoms with E-state index < -0.39 is 0 Å². The Morgan fingerprint density at radius 1 is 1.29 bits per heavy atom. The summed E-state index contributed by atoms with van der Waals surface area (Å²) in [5, 5.41) is 4.03. The molecule has 0 spiro atoms. The predicted octanol–water partition coefficient (Wildman–Crippen LogP) is 2.67. The van der Waals surface area contributed by atoms with E-state index in [0.29, 0.717) is 13.0 Å². The monoisotopic (exact) mass is 304 g/mol. The number of carbonyl (C=O) groups is 1. The quantitative estimate of drug-likeness (QED) is 0.892. The zero-order valence-corrected chi connectivity index (χ0v) is 13.4. The van der Waals surface area contributed by atoms with Crippen LogP contribution in [0.4, 0.5) is 0 Å². The zero-order valence-electron chi connectivity index (χ0n) is 12.6. The van der Waals surface area contributed by atoms with Crippen LogP contribution in [0.3, 0.4) is 0 Å². The maximum atomic E-state index is 11.9. The number of carbonyl (C=O) groups excluding carboxylic acids is 1. The van der Waals surface area contributed by atoms with Crippen LogP contribution < -0.4 is 10.1 Å². The van der Waals surface area contributed by atoms with E-state index in [1.54, 1.807) is 18.4 Å². The Bertz CT molecular complexity index is 605. The number of ether oxygens (including phenoxy) is 1. The maximum absolute atomic E-state index is 11.9. The van der Waals surface area contributed by atoms with E-state index >= 15 is 0 Å². The van der Waals surface area contributed by atoms with Gasteiger partial charge in [-0.05, 0) is 31.5 Å². The van der Waals surface area contributed by atoms with E-state index in [9.17, 15) is 4.79 Å². The molecule has 5 heteroatoms. The number of aromatic nitrogens is 1. The van der Waals surface area contributed by atoms with Crippen molar-refractivity contribution in [3.05, 3.63) is 45.4 Å². The molecule has 0 radical (unpaired) electrons. The van der Waals surface area contributed by atoms with Crippen molar-refractivity contribution in [2.45, 2.75) is 26.7 Å². The Labute approximate surface area is 129 Å². The van der Waals surface area contributed by atoms with Crippen molar-refractivity contribution in [1.29, 1.82) is 0 Å². The highest BCUT2D eigenvalue weighted by molar-refractivity contribution is 7.11. The molecule has 1 aromatic heterocycles. The van der Waals surface area contributed by atoms with Crippen LogP contribution in [0, 0.1) is 13.8 Å². The molecule has 1 amide bonds. The predicted molar refractivity (Wildman–Crippen MR) is 85.0 cm³/mol. The minimum Gasteiger partial charge on any atom is -0.497 e. The van der Waals surface area contributed by atoms with Gasteiger partial charge in [0.2, 0.25) is 5.91 Å². The number of amides is 1. The van der Waals surface area contributed by atoms with Gasteiger partial charge in [-0.15, -0.1) is 11.3 Å². The fourth-order valence-electron chi connectivity index (χ4n) is 2.11. The summed E-state index contributed by atoms with van der Waals surface area (Å²) in [6, 6.07) is 7.56. The summed E-state index contributed by atoms with van der Waals surface area (Å²) in [5.41, 5.74) is 2.06. The van der Waals surface area contributed by atoms with Gasteiger partial charge in [-0.3, -0.25) is 4.79 Å². The average Bonchev–Trinajstić information content (AvgIpc) is 2.78. The van der Waals surface area contributed by atoms with Gasteiger partial charge < -0.3 is 10.1 Å². The van der Waals surface area contributed by atoms with E-state index in [1.165, 1.54) is 4.88 Å². The van der Waals surface area contributed by atoms with Gasteiger partial charge in [0, 0.05) is 17.8 Å². The summed E-state index contributed by atoms with van der Waals surface area (Å²) in [6.07, 6.45) is 1.23. The van der Waals surface area contributed by atoms with Gasteiger partial charge >= 0.3 is 0 Å². The van der Waals surface area contributed by atoms with Crippen LogP contribution >= 0.6 is 11.3 Å². The van der Waals surface area contributed by atoms with Gasteiger partial charge in [0.1, 0.15) is 5.75 Å². The van der Waals surface area contributed by atoms with Crippen molar-refractivity contribution in [2.75, 3.05) is 13.7 Å². The molecule has 0 saturated carbocycles. The highest BCUT2D eigenvalue weighted by Crippen LogP contribution is 2.17. The molecule has 0 saturated heterocycles. The highest BCUT2D eigenvalue weighted by Gasteiger charge is 2.06. The number of aryl methyl sites for hydroxylation is 2. The first-order chi connectivity index (χ1) is 10.1. The van der Waals surface area contributed by atoms with Crippen molar-refractivity contribution >= 4 is 17.2 Å². The molecule has 2 rings (SSSR count). The lowest BCUT2D eigenvalue weighted by molar-refractivity contribution is -0.120. The van der Waals surface area contributed by atoms with Gasteiger partial charge in [0.05, 0.1) is 24.2 Å². The molecule has 0 aliphatic rings. The summed E-state index contributed by atoms with van der Waals surface area (Å²) in [6.45, 7) is 4.67. The van der Waals surface area contributed by atoms with Crippen molar-refractivity contribution in [2.24, 2.45) is 0 Å². The molecule has 2 aromatic rings. The first-order valence-corrected chi connectivity index (χ1v) is 7.72. The molecular formula is C16H20N2O2S. The third kappa shape index (κ3) is 4.56. The van der Waals surface area contributed by atoms with E-state index in [0.717, 1.165) is 28.4 Å². The number of benzene rings is 1. The summed E-state index contributed by atoms with van der Waals surface area (Å²) in [7, 11) is 1.63. The summed E-state index contributed by atoms with van der Waals surface area (Å²) >= 11 is 1.70.